The normalized spacial score (nSPS) is 12.7. The Morgan fingerprint density at radius 1 is 0.409 bits per heavy atom. The van der Waals surface area contributed by atoms with Crippen molar-refractivity contribution < 1.29 is 10.2 Å². The lowest BCUT2D eigenvalue weighted by Gasteiger charge is -2.28. The van der Waals surface area contributed by atoms with Gasteiger partial charge in [0.05, 0.1) is 11.4 Å². The lowest BCUT2D eigenvalue weighted by Crippen LogP contribution is -2.17. The van der Waals surface area contributed by atoms with E-state index in [1.165, 1.54) is 0 Å². The van der Waals surface area contributed by atoms with Crippen molar-refractivity contribution in [3.05, 3.63) is 95.1 Å². The summed E-state index contributed by atoms with van der Waals surface area (Å²) in [5.74, 6) is 0.538. The molecular formula is C40H52N2O2. The standard InChI is InChI=1S/C40H52N2O2/c1-37(2,3)25-21-29(39(7,8)9)35(43)33(23-25)41-31-19-15-13-17-27(31)28-18-14-16-20-32(28)42-34-24-26(38(4,5)6)22-30(36(34)44)40(10,11)12/h13-24,41-44H,1-12H3. The Bertz CT molecular complexity index is 1530. The molecule has 0 saturated heterocycles. The van der Waals surface area contributed by atoms with E-state index in [2.05, 4.69) is 130 Å². The summed E-state index contributed by atoms with van der Waals surface area (Å²) in [6.07, 6.45) is 0. The van der Waals surface area contributed by atoms with Crippen LogP contribution in [0.1, 0.15) is 105 Å². The van der Waals surface area contributed by atoms with Crippen LogP contribution in [-0.2, 0) is 21.7 Å². The second-order valence-corrected chi connectivity index (χ2v) is 16.2. The summed E-state index contributed by atoms with van der Waals surface area (Å²) < 4.78 is 0. The van der Waals surface area contributed by atoms with Gasteiger partial charge in [-0.1, -0.05) is 132 Å². The largest absolute Gasteiger partial charge is 0.505 e. The van der Waals surface area contributed by atoms with Gasteiger partial charge in [-0.3, -0.25) is 0 Å². The quantitative estimate of drug-likeness (QED) is 0.174. The minimum atomic E-state index is -0.229. The van der Waals surface area contributed by atoms with Crippen LogP contribution in [0.3, 0.4) is 0 Å². The highest BCUT2D eigenvalue weighted by molar-refractivity contribution is 5.90. The zero-order chi connectivity index (χ0) is 32.8. The molecule has 0 heterocycles. The number of hydrogen-bond donors (Lipinski definition) is 4. The van der Waals surface area contributed by atoms with E-state index in [1.54, 1.807) is 0 Å². The van der Waals surface area contributed by atoms with Crippen molar-refractivity contribution in [1.82, 2.24) is 0 Å². The predicted molar refractivity (Wildman–Crippen MR) is 189 cm³/mol. The average Bonchev–Trinajstić information content (AvgIpc) is 2.89. The zero-order valence-corrected chi connectivity index (χ0v) is 28.8. The number of rotatable bonds is 5. The Balaban J connectivity index is 1.85. The molecule has 4 aromatic carbocycles. The molecule has 4 heteroatoms. The van der Waals surface area contributed by atoms with Crippen LogP contribution >= 0.6 is 0 Å². The Hall–Kier alpha value is -3.92. The van der Waals surface area contributed by atoms with Gasteiger partial charge in [0, 0.05) is 33.6 Å². The molecule has 0 unspecified atom stereocenters. The molecule has 0 atom stereocenters. The maximum absolute atomic E-state index is 11.5. The Labute approximate surface area is 265 Å². The number of benzene rings is 4. The van der Waals surface area contributed by atoms with E-state index in [9.17, 15) is 10.2 Å². The molecule has 44 heavy (non-hydrogen) atoms. The van der Waals surface area contributed by atoms with Crippen molar-refractivity contribution in [2.24, 2.45) is 0 Å². The van der Waals surface area contributed by atoms with Crippen molar-refractivity contribution in [2.45, 2.75) is 105 Å². The van der Waals surface area contributed by atoms with Crippen LogP contribution < -0.4 is 10.6 Å². The smallest absolute Gasteiger partial charge is 0.142 e. The maximum Gasteiger partial charge on any atom is 0.142 e. The number of hydrogen-bond acceptors (Lipinski definition) is 4. The van der Waals surface area contributed by atoms with Crippen molar-refractivity contribution in [3.8, 4) is 22.6 Å². The highest BCUT2D eigenvalue weighted by Gasteiger charge is 2.27. The Morgan fingerprint density at radius 3 is 1.02 bits per heavy atom. The molecule has 4 N–H and O–H groups in total. The molecule has 234 valence electrons. The summed E-state index contributed by atoms with van der Waals surface area (Å²) in [6, 6.07) is 24.7. The van der Waals surface area contributed by atoms with Crippen molar-refractivity contribution in [2.75, 3.05) is 10.6 Å². The fourth-order valence-corrected chi connectivity index (χ4v) is 5.41. The lowest BCUT2D eigenvalue weighted by molar-refractivity contribution is 0.446. The molecule has 0 spiro atoms. The molecule has 0 radical (unpaired) electrons. The van der Waals surface area contributed by atoms with Gasteiger partial charge in [-0.25, -0.2) is 0 Å². The molecule has 0 aliphatic heterocycles. The topological polar surface area (TPSA) is 64.5 Å². The molecule has 4 nitrogen and oxygen atoms in total. The third-order valence-electron chi connectivity index (χ3n) is 8.25. The minimum absolute atomic E-state index is 0.0876. The number of aromatic hydroxyl groups is 2. The lowest BCUT2D eigenvalue weighted by atomic mass is 9.79. The third-order valence-corrected chi connectivity index (χ3v) is 8.25. The van der Waals surface area contributed by atoms with Gasteiger partial charge < -0.3 is 20.8 Å². The fourth-order valence-electron chi connectivity index (χ4n) is 5.41. The van der Waals surface area contributed by atoms with E-state index >= 15 is 0 Å². The summed E-state index contributed by atoms with van der Waals surface area (Å²) in [6.45, 7) is 25.9. The van der Waals surface area contributed by atoms with Crippen LogP contribution in [0.25, 0.3) is 11.1 Å². The monoisotopic (exact) mass is 592 g/mol. The van der Waals surface area contributed by atoms with Crippen LogP contribution in [0, 0.1) is 0 Å². The van der Waals surface area contributed by atoms with Crippen LogP contribution in [0.4, 0.5) is 22.7 Å². The summed E-state index contributed by atoms with van der Waals surface area (Å²) in [4.78, 5) is 0. The van der Waals surface area contributed by atoms with Crippen LogP contribution in [0.5, 0.6) is 11.5 Å². The van der Waals surface area contributed by atoms with Gasteiger partial charge in [0.1, 0.15) is 11.5 Å². The molecule has 0 fully saturated rings. The Morgan fingerprint density at radius 2 is 0.727 bits per heavy atom. The summed E-state index contributed by atoms with van der Waals surface area (Å²) in [5, 5.41) is 30.2. The highest BCUT2D eigenvalue weighted by atomic mass is 16.3. The van der Waals surface area contributed by atoms with Gasteiger partial charge in [0.15, 0.2) is 0 Å². The minimum Gasteiger partial charge on any atom is -0.505 e. The van der Waals surface area contributed by atoms with Crippen molar-refractivity contribution >= 4 is 22.7 Å². The van der Waals surface area contributed by atoms with Gasteiger partial charge in [0.25, 0.3) is 0 Å². The SMILES string of the molecule is CC(C)(C)c1cc(Nc2ccccc2-c2ccccc2Nc2cc(C(C)(C)C)cc(C(C)(C)C)c2O)c(O)c(C(C)(C)C)c1. The first-order chi connectivity index (χ1) is 20.2. The first-order valence-corrected chi connectivity index (χ1v) is 15.7. The van der Waals surface area contributed by atoms with E-state index in [0.29, 0.717) is 11.4 Å². The van der Waals surface area contributed by atoms with Gasteiger partial charge in [-0.2, -0.15) is 0 Å². The van der Waals surface area contributed by atoms with Gasteiger partial charge in [-0.15, -0.1) is 0 Å². The van der Waals surface area contributed by atoms with Gasteiger partial charge in [-0.05, 0) is 57.1 Å². The summed E-state index contributed by atoms with van der Waals surface area (Å²) >= 11 is 0. The van der Waals surface area contributed by atoms with Gasteiger partial charge in [0.2, 0.25) is 0 Å². The zero-order valence-electron chi connectivity index (χ0n) is 28.8. The molecule has 0 aliphatic carbocycles. The van der Waals surface area contributed by atoms with E-state index < -0.39 is 0 Å². The molecule has 0 aliphatic rings. The van der Waals surface area contributed by atoms with Crippen LogP contribution in [0.2, 0.25) is 0 Å². The third kappa shape index (κ3) is 7.07. The molecule has 0 aromatic heterocycles. The average molecular weight is 593 g/mol. The number of phenolic OH excluding ortho intramolecular Hbond substituents is 2. The number of para-hydroxylation sites is 2. The number of nitrogens with one attached hydrogen (secondary N) is 2. The van der Waals surface area contributed by atoms with Crippen molar-refractivity contribution in [3.63, 3.8) is 0 Å². The molecule has 4 aromatic rings. The first-order valence-electron chi connectivity index (χ1n) is 15.7. The summed E-state index contributed by atoms with van der Waals surface area (Å²) in [5.41, 5.74) is 8.61. The first kappa shape index (κ1) is 33.0. The molecule has 4 rings (SSSR count). The Kier molecular flexibility index (Phi) is 8.65. The molecule has 0 saturated carbocycles. The maximum atomic E-state index is 11.5. The molecule has 0 bridgehead atoms. The van der Waals surface area contributed by atoms with E-state index in [4.69, 9.17) is 0 Å². The molecular weight excluding hydrogens is 540 g/mol. The highest BCUT2D eigenvalue weighted by Crippen LogP contribution is 2.45. The van der Waals surface area contributed by atoms with Crippen molar-refractivity contribution in [1.29, 1.82) is 0 Å². The fraction of sp³-hybridized carbons (Fsp3) is 0.400. The number of phenols is 2. The molecule has 0 amide bonds. The van der Waals surface area contributed by atoms with Gasteiger partial charge >= 0.3 is 0 Å². The van der Waals surface area contributed by atoms with E-state index in [-0.39, 0.29) is 33.2 Å². The second kappa shape index (κ2) is 11.5. The van der Waals surface area contributed by atoms with E-state index in [0.717, 1.165) is 44.8 Å². The second-order valence-electron chi connectivity index (χ2n) is 16.2. The number of anilines is 4. The summed E-state index contributed by atoms with van der Waals surface area (Å²) in [7, 11) is 0. The van der Waals surface area contributed by atoms with E-state index in [1.807, 2.05) is 36.4 Å². The van der Waals surface area contributed by atoms with Crippen LogP contribution in [0.15, 0.2) is 72.8 Å². The predicted octanol–water partition coefficient (Wildman–Crippen LogP) is 11.4. The van der Waals surface area contributed by atoms with Crippen LogP contribution in [-0.4, -0.2) is 10.2 Å².